The summed E-state index contributed by atoms with van der Waals surface area (Å²) in [7, 11) is 1.71. The number of likely N-dealkylation sites (tertiary alicyclic amines) is 2. The van der Waals surface area contributed by atoms with Gasteiger partial charge in [-0.3, -0.25) is 4.90 Å². The first-order valence-corrected chi connectivity index (χ1v) is 14.7. The number of aromatic nitrogens is 1. The van der Waals surface area contributed by atoms with Gasteiger partial charge in [0.1, 0.15) is 11.8 Å². The zero-order valence-electron chi connectivity index (χ0n) is 22.7. The second kappa shape index (κ2) is 11.1. The summed E-state index contributed by atoms with van der Waals surface area (Å²) in [4.78, 5) is 22.4. The van der Waals surface area contributed by atoms with Crippen LogP contribution in [0.15, 0.2) is 53.2 Å². The summed E-state index contributed by atoms with van der Waals surface area (Å²) >= 11 is 1.71. The minimum atomic E-state index is -0.0116. The average molecular weight is 545 g/mol. The molecular formula is C30H36N6O2S. The second-order valence-corrected chi connectivity index (χ2v) is 12.1. The van der Waals surface area contributed by atoms with E-state index in [1.807, 2.05) is 30.0 Å². The fourth-order valence-corrected chi connectivity index (χ4v) is 7.22. The highest BCUT2D eigenvalue weighted by molar-refractivity contribution is 7.18. The molecule has 0 radical (unpaired) electrons. The van der Waals surface area contributed by atoms with E-state index in [4.69, 9.17) is 4.74 Å². The van der Waals surface area contributed by atoms with Gasteiger partial charge in [-0.1, -0.05) is 30.9 Å². The number of nitrogens with one attached hydrogen (secondary N) is 1. The molecule has 204 valence electrons. The van der Waals surface area contributed by atoms with Gasteiger partial charge in [0.25, 0.3) is 0 Å². The molecule has 1 aromatic heterocycles. The molecule has 0 aliphatic carbocycles. The summed E-state index contributed by atoms with van der Waals surface area (Å²) in [6, 6.07) is 12.8. The SMILES string of the molecule is C=Cc1cccc(OC)c1CN1CCCC(NC(=O)N2CCC3N=NC(c4ccc5nc(C)sc5c4)C3C2)C1. The number of hydrogen-bond acceptors (Lipinski definition) is 7. The smallest absolute Gasteiger partial charge is 0.317 e. The van der Waals surface area contributed by atoms with Crippen LogP contribution in [-0.2, 0) is 6.54 Å². The normalized spacial score (nSPS) is 25.0. The summed E-state index contributed by atoms with van der Waals surface area (Å²) in [5.74, 6) is 1.09. The molecule has 0 saturated carbocycles. The number of aryl methyl sites for hydroxylation is 1. The number of ether oxygens (including phenoxy) is 1. The van der Waals surface area contributed by atoms with E-state index in [1.165, 1.54) is 10.3 Å². The lowest BCUT2D eigenvalue weighted by Crippen LogP contribution is -2.54. The van der Waals surface area contributed by atoms with Crippen LogP contribution in [0, 0.1) is 12.8 Å². The van der Waals surface area contributed by atoms with Crippen molar-refractivity contribution in [1.82, 2.24) is 20.1 Å². The van der Waals surface area contributed by atoms with Crippen LogP contribution in [0.2, 0.25) is 0 Å². The van der Waals surface area contributed by atoms with Crippen molar-refractivity contribution in [2.45, 2.75) is 50.9 Å². The second-order valence-electron chi connectivity index (χ2n) is 10.9. The van der Waals surface area contributed by atoms with E-state index in [0.29, 0.717) is 13.1 Å². The summed E-state index contributed by atoms with van der Waals surface area (Å²) in [6.07, 6.45) is 4.78. The molecule has 4 atom stereocenters. The molecule has 2 amide bonds. The van der Waals surface area contributed by atoms with E-state index >= 15 is 0 Å². The lowest BCUT2D eigenvalue weighted by molar-refractivity contribution is 0.139. The monoisotopic (exact) mass is 544 g/mol. The predicted octanol–water partition coefficient (Wildman–Crippen LogP) is 5.83. The first-order valence-electron chi connectivity index (χ1n) is 13.9. The molecule has 8 nitrogen and oxygen atoms in total. The number of carbonyl (C=O) groups is 1. The summed E-state index contributed by atoms with van der Waals surface area (Å²) < 4.78 is 6.81. The fraction of sp³-hybridized carbons (Fsp3) is 0.467. The maximum atomic E-state index is 13.4. The van der Waals surface area contributed by atoms with Crippen molar-refractivity contribution in [1.29, 1.82) is 0 Å². The Morgan fingerprint density at radius 3 is 2.95 bits per heavy atom. The molecule has 3 aliphatic heterocycles. The Balaban J connectivity index is 1.09. The van der Waals surface area contributed by atoms with E-state index in [-0.39, 0.29) is 30.1 Å². The fourth-order valence-electron chi connectivity index (χ4n) is 6.35. The first-order chi connectivity index (χ1) is 19.0. The number of urea groups is 1. The predicted molar refractivity (Wildman–Crippen MR) is 155 cm³/mol. The molecular weight excluding hydrogens is 508 g/mol. The van der Waals surface area contributed by atoms with Crippen molar-refractivity contribution < 1.29 is 9.53 Å². The molecule has 0 spiro atoms. The molecule has 1 N–H and O–H groups in total. The number of azo groups is 1. The Kier molecular flexibility index (Phi) is 7.36. The maximum Gasteiger partial charge on any atom is 0.317 e. The topological polar surface area (TPSA) is 82.4 Å². The third-order valence-corrected chi connectivity index (χ3v) is 9.27. The Morgan fingerprint density at radius 1 is 1.21 bits per heavy atom. The van der Waals surface area contributed by atoms with Crippen LogP contribution in [-0.4, -0.2) is 66.2 Å². The highest BCUT2D eigenvalue weighted by Gasteiger charge is 2.41. The Labute approximate surface area is 233 Å². The number of nitrogens with zero attached hydrogens (tertiary/aromatic N) is 5. The van der Waals surface area contributed by atoms with E-state index in [2.05, 4.69) is 56.3 Å². The van der Waals surface area contributed by atoms with Crippen molar-refractivity contribution in [2.24, 2.45) is 16.1 Å². The number of amides is 2. The van der Waals surface area contributed by atoms with Gasteiger partial charge in [-0.15, -0.1) is 11.3 Å². The summed E-state index contributed by atoms with van der Waals surface area (Å²) in [5, 5.41) is 13.7. The number of rotatable bonds is 6. The highest BCUT2D eigenvalue weighted by Crippen LogP contribution is 2.41. The van der Waals surface area contributed by atoms with Crippen molar-refractivity contribution >= 4 is 33.7 Å². The number of carbonyl (C=O) groups excluding carboxylic acids is 1. The molecule has 0 bridgehead atoms. The Bertz CT molecular complexity index is 1400. The van der Waals surface area contributed by atoms with E-state index in [1.54, 1.807) is 18.4 Å². The number of methoxy groups -OCH3 is 1. The van der Waals surface area contributed by atoms with Crippen LogP contribution in [0.1, 0.15) is 47.0 Å². The molecule has 6 rings (SSSR count). The van der Waals surface area contributed by atoms with E-state index in [0.717, 1.165) is 66.3 Å². The van der Waals surface area contributed by atoms with Crippen molar-refractivity contribution in [3.63, 3.8) is 0 Å². The van der Waals surface area contributed by atoms with Gasteiger partial charge in [-0.05, 0) is 62.1 Å². The zero-order chi connectivity index (χ0) is 26.9. The van der Waals surface area contributed by atoms with Gasteiger partial charge in [-0.2, -0.15) is 10.2 Å². The van der Waals surface area contributed by atoms with E-state index in [9.17, 15) is 4.79 Å². The number of piperidine rings is 2. The van der Waals surface area contributed by atoms with Crippen LogP contribution in [0.25, 0.3) is 16.3 Å². The third kappa shape index (κ3) is 5.30. The number of fused-ring (bicyclic) bond motifs is 2. The molecule has 2 aromatic carbocycles. The average Bonchev–Trinajstić information content (AvgIpc) is 3.54. The van der Waals surface area contributed by atoms with Gasteiger partial charge in [-0.25, -0.2) is 9.78 Å². The van der Waals surface area contributed by atoms with E-state index < -0.39 is 0 Å². The van der Waals surface area contributed by atoms with Gasteiger partial charge in [0, 0.05) is 43.7 Å². The van der Waals surface area contributed by atoms with Crippen LogP contribution in [0.5, 0.6) is 5.75 Å². The molecule has 4 heterocycles. The van der Waals surface area contributed by atoms with Gasteiger partial charge < -0.3 is 15.0 Å². The molecule has 9 heteroatoms. The number of hydrogen-bond donors (Lipinski definition) is 1. The minimum absolute atomic E-state index is 0.0116. The first kappa shape index (κ1) is 26.0. The molecule has 4 unspecified atom stereocenters. The van der Waals surface area contributed by atoms with Crippen molar-refractivity contribution in [2.75, 3.05) is 33.3 Å². The number of benzene rings is 2. The van der Waals surface area contributed by atoms with Crippen molar-refractivity contribution in [3.05, 3.63) is 64.7 Å². The lowest BCUT2D eigenvalue weighted by atomic mass is 9.85. The maximum absolute atomic E-state index is 13.4. The highest BCUT2D eigenvalue weighted by atomic mass is 32.1. The standard InChI is InChI=1S/C30H36N6O2S/c1-4-20-7-5-9-27(38-3)23(20)17-35-13-6-8-22(16-35)32-30(37)36-14-12-25-24(18-36)29(34-33-25)21-10-11-26-28(15-21)39-19(2)31-26/h4-5,7,9-11,15,22,24-25,29H,1,6,8,12-14,16-18H2,2-3H3,(H,32,37). The quantitative estimate of drug-likeness (QED) is 0.423. The Hall–Kier alpha value is -3.30. The van der Waals surface area contributed by atoms with Crippen molar-refractivity contribution in [3.8, 4) is 5.75 Å². The van der Waals surface area contributed by atoms with Gasteiger partial charge in [0.2, 0.25) is 0 Å². The van der Waals surface area contributed by atoms with Crippen LogP contribution in [0.3, 0.4) is 0 Å². The summed E-state index contributed by atoms with van der Waals surface area (Å²) in [5.41, 5.74) is 4.44. The van der Waals surface area contributed by atoms with Gasteiger partial charge >= 0.3 is 6.03 Å². The Morgan fingerprint density at radius 2 is 2.10 bits per heavy atom. The third-order valence-electron chi connectivity index (χ3n) is 8.34. The minimum Gasteiger partial charge on any atom is -0.496 e. The van der Waals surface area contributed by atoms with Crippen LogP contribution < -0.4 is 10.1 Å². The molecule has 2 fully saturated rings. The molecule has 2 saturated heterocycles. The lowest BCUT2D eigenvalue weighted by Gasteiger charge is -2.38. The molecule has 3 aromatic rings. The molecule has 3 aliphatic rings. The largest absolute Gasteiger partial charge is 0.496 e. The molecule has 39 heavy (non-hydrogen) atoms. The zero-order valence-corrected chi connectivity index (χ0v) is 23.5. The summed E-state index contributed by atoms with van der Waals surface area (Å²) in [6.45, 7) is 10.0. The van der Waals surface area contributed by atoms with Gasteiger partial charge in [0.05, 0.1) is 28.4 Å². The van der Waals surface area contributed by atoms with Crippen LogP contribution in [0.4, 0.5) is 4.79 Å². The van der Waals surface area contributed by atoms with Gasteiger partial charge in [0.15, 0.2) is 0 Å². The number of thiazole rings is 1. The van der Waals surface area contributed by atoms with Crippen LogP contribution >= 0.6 is 11.3 Å².